The van der Waals surface area contributed by atoms with Crippen molar-refractivity contribution < 1.29 is 19.1 Å². The number of carbonyl (C=O) groups is 2. The Morgan fingerprint density at radius 1 is 1.28 bits per heavy atom. The van der Waals surface area contributed by atoms with Crippen LogP contribution in [-0.4, -0.2) is 25.1 Å². The molecular formula is C18H18ClNO4S. The van der Waals surface area contributed by atoms with Crippen LogP contribution in [-0.2, 0) is 22.4 Å². The van der Waals surface area contributed by atoms with Gasteiger partial charge in [-0.25, -0.2) is 4.79 Å². The van der Waals surface area contributed by atoms with E-state index in [4.69, 9.17) is 21.1 Å². The second-order valence-corrected chi connectivity index (χ2v) is 7.37. The predicted molar refractivity (Wildman–Crippen MR) is 97.9 cm³/mol. The number of anilines is 1. The van der Waals surface area contributed by atoms with Gasteiger partial charge >= 0.3 is 5.97 Å². The highest BCUT2D eigenvalue weighted by atomic mass is 35.5. The Hall–Kier alpha value is -2.05. The van der Waals surface area contributed by atoms with Gasteiger partial charge in [0, 0.05) is 9.90 Å². The van der Waals surface area contributed by atoms with Gasteiger partial charge in [0.15, 0.2) is 6.10 Å². The lowest BCUT2D eigenvalue weighted by atomic mass is 10.2. The zero-order valence-electron chi connectivity index (χ0n) is 13.9. The fraction of sp³-hybridized carbons (Fsp3) is 0.333. The minimum Gasteiger partial charge on any atom is -0.495 e. The van der Waals surface area contributed by atoms with Crippen LogP contribution in [0.3, 0.4) is 0 Å². The number of ether oxygens (including phenoxy) is 2. The largest absolute Gasteiger partial charge is 0.495 e. The van der Waals surface area contributed by atoms with Crippen molar-refractivity contribution in [1.82, 2.24) is 0 Å². The van der Waals surface area contributed by atoms with Crippen molar-refractivity contribution >= 4 is 40.5 Å². The number of benzene rings is 1. The van der Waals surface area contributed by atoms with Gasteiger partial charge in [0.2, 0.25) is 0 Å². The second kappa shape index (κ2) is 7.45. The molecule has 1 aliphatic carbocycles. The first kappa shape index (κ1) is 17.8. The highest BCUT2D eigenvalue weighted by molar-refractivity contribution is 7.14. The number of hydrogen-bond acceptors (Lipinski definition) is 5. The highest BCUT2D eigenvalue weighted by Crippen LogP contribution is 2.31. The lowest BCUT2D eigenvalue weighted by Crippen LogP contribution is -2.30. The van der Waals surface area contributed by atoms with E-state index >= 15 is 0 Å². The summed E-state index contributed by atoms with van der Waals surface area (Å²) in [6, 6.07) is 6.77. The SMILES string of the molecule is COc1ccc(Cl)cc1NC(=O)[C@@H](C)OC(=O)c1cc2c(s1)CCC2. The van der Waals surface area contributed by atoms with Gasteiger partial charge in [0.25, 0.3) is 5.91 Å². The minimum atomic E-state index is -0.937. The molecule has 25 heavy (non-hydrogen) atoms. The van der Waals surface area contributed by atoms with Crippen LogP contribution in [0.15, 0.2) is 24.3 Å². The van der Waals surface area contributed by atoms with Gasteiger partial charge in [-0.15, -0.1) is 11.3 Å². The number of carbonyl (C=O) groups excluding carboxylic acids is 2. The van der Waals surface area contributed by atoms with Crippen molar-refractivity contribution in [2.24, 2.45) is 0 Å². The molecule has 0 aliphatic heterocycles. The molecule has 5 nitrogen and oxygen atoms in total. The fourth-order valence-electron chi connectivity index (χ4n) is 2.71. The summed E-state index contributed by atoms with van der Waals surface area (Å²) >= 11 is 7.40. The average Bonchev–Trinajstić information content (AvgIpc) is 3.16. The van der Waals surface area contributed by atoms with Crippen molar-refractivity contribution in [1.29, 1.82) is 0 Å². The molecule has 0 unspecified atom stereocenters. The summed E-state index contributed by atoms with van der Waals surface area (Å²) in [6.07, 6.45) is 2.21. The molecule has 132 valence electrons. The van der Waals surface area contributed by atoms with Crippen LogP contribution in [0.5, 0.6) is 5.75 Å². The Morgan fingerprint density at radius 2 is 2.08 bits per heavy atom. The van der Waals surface area contributed by atoms with Crippen LogP contribution >= 0.6 is 22.9 Å². The minimum absolute atomic E-state index is 0.429. The lowest BCUT2D eigenvalue weighted by Gasteiger charge is -2.15. The van der Waals surface area contributed by atoms with E-state index in [0.29, 0.717) is 21.3 Å². The summed E-state index contributed by atoms with van der Waals surface area (Å²) in [5.41, 5.74) is 1.65. The van der Waals surface area contributed by atoms with Crippen LogP contribution in [0.25, 0.3) is 0 Å². The molecular weight excluding hydrogens is 362 g/mol. The van der Waals surface area contributed by atoms with Crippen molar-refractivity contribution in [3.05, 3.63) is 44.6 Å². The first-order chi connectivity index (χ1) is 12.0. The molecule has 3 rings (SSSR count). The Morgan fingerprint density at radius 3 is 2.80 bits per heavy atom. The summed E-state index contributed by atoms with van der Waals surface area (Å²) in [7, 11) is 1.50. The third kappa shape index (κ3) is 3.96. The molecule has 1 heterocycles. The molecule has 1 aromatic carbocycles. The predicted octanol–water partition coefficient (Wildman–Crippen LogP) is 4.08. The van der Waals surface area contributed by atoms with Gasteiger partial charge in [0.1, 0.15) is 10.6 Å². The van der Waals surface area contributed by atoms with Gasteiger partial charge < -0.3 is 14.8 Å². The van der Waals surface area contributed by atoms with Crippen molar-refractivity contribution in [2.75, 3.05) is 12.4 Å². The second-order valence-electron chi connectivity index (χ2n) is 5.79. The van der Waals surface area contributed by atoms with Crippen molar-refractivity contribution in [3.8, 4) is 5.75 Å². The van der Waals surface area contributed by atoms with Gasteiger partial charge in [-0.3, -0.25) is 4.79 Å². The lowest BCUT2D eigenvalue weighted by molar-refractivity contribution is -0.123. The molecule has 0 saturated carbocycles. The highest BCUT2D eigenvalue weighted by Gasteiger charge is 2.24. The van der Waals surface area contributed by atoms with E-state index in [0.717, 1.165) is 19.3 Å². The maximum absolute atomic E-state index is 12.3. The number of halogens is 1. The Labute approximate surface area is 154 Å². The summed E-state index contributed by atoms with van der Waals surface area (Å²) in [5, 5.41) is 3.14. The van der Waals surface area contributed by atoms with Crippen LogP contribution in [0.2, 0.25) is 5.02 Å². The van der Waals surface area contributed by atoms with Gasteiger partial charge in [-0.05, 0) is 56.0 Å². The summed E-state index contributed by atoms with van der Waals surface area (Å²) < 4.78 is 10.5. The summed E-state index contributed by atoms with van der Waals surface area (Å²) in [5.74, 6) is -0.441. The Bertz CT molecular complexity index is 796. The van der Waals surface area contributed by atoms with E-state index in [2.05, 4.69) is 5.32 Å². The van der Waals surface area contributed by atoms with Crippen LogP contribution in [0, 0.1) is 0 Å². The van der Waals surface area contributed by atoms with Gasteiger partial charge in [0.05, 0.1) is 12.8 Å². The van der Waals surface area contributed by atoms with E-state index in [1.807, 2.05) is 6.07 Å². The quantitative estimate of drug-likeness (QED) is 0.795. The van der Waals surface area contributed by atoms with E-state index in [-0.39, 0.29) is 0 Å². The number of amides is 1. The van der Waals surface area contributed by atoms with Gasteiger partial charge in [-0.2, -0.15) is 0 Å². The molecule has 7 heteroatoms. The molecule has 0 fully saturated rings. The molecule has 1 N–H and O–H groups in total. The molecule has 0 spiro atoms. The molecule has 1 amide bonds. The number of fused-ring (bicyclic) bond motifs is 1. The molecule has 0 bridgehead atoms. The number of aryl methyl sites for hydroxylation is 2. The number of rotatable bonds is 5. The molecule has 0 radical (unpaired) electrons. The van der Waals surface area contributed by atoms with Crippen LogP contribution in [0.1, 0.15) is 33.5 Å². The number of esters is 1. The number of thiophene rings is 1. The molecule has 0 saturated heterocycles. The maximum Gasteiger partial charge on any atom is 0.349 e. The number of methoxy groups -OCH3 is 1. The normalized spacial score (nSPS) is 13.9. The van der Waals surface area contributed by atoms with Gasteiger partial charge in [-0.1, -0.05) is 11.6 Å². The molecule has 1 aromatic heterocycles. The van der Waals surface area contributed by atoms with E-state index in [1.165, 1.54) is 35.8 Å². The molecule has 1 aliphatic rings. The third-order valence-corrected chi connectivity index (χ3v) is 5.47. The van der Waals surface area contributed by atoms with E-state index in [9.17, 15) is 9.59 Å². The average molecular weight is 380 g/mol. The zero-order valence-corrected chi connectivity index (χ0v) is 15.5. The van der Waals surface area contributed by atoms with Crippen LogP contribution in [0.4, 0.5) is 5.69 Å². The number of hydrogen-bond donors (Lipinski definition) is 1. The number of nitrogens with one attached hydrogen (secondary N) is 1. The fourth-order valence-corrected chi connectivity index (χ4v) is 4.02. The monoisotopic (exact) mass is 379 g/mol. The first-order valence-electron chi connectivity index (χ1n) is 7.95. The maximum atomic E-state index is 12.3. The summed E-state index contributed by atoms with van der Waals surface area (Å²) in [6.45, 7) is 1.53. The standard InChI is InChI=1S/C18H18ClNO4S/c1-10(17(21)20-13-9-12(19)6-7-14(13)23-2)24-18(22)16-8-11-4-3-5-15(11)25-16/h6-10H,3-5H2,1-2H3,(H,20,21)/t10-/m1/s1. The van der Waals surface area contributed by atoms with Crippen LogP contribution < -0.4 is 10.1 Å². The summed E-state index contributed by atoms with van der Waals surface area (Å²) in [4.78, 5) is 26.4. The smallest absolute Gasteiger partial charge is 0.349 e. The Balaban J connectivity index is 1.64. The van der Waals surface area contributed by atoms with E-state index < -0.39 is 18.0 Å². The topological polar surface area (TPSA) is 64.6 Å². The van der Waals surface area contributed by atoms with Crippen molar-refractivity contribution in [3.63, 3.8) is 0 Å². The van der Waals surface area contributed by atoms with E-state index in [1.54, 1.807) is 18.2 Å². The van der Waals surface area contributed by atoms with Crippen molar-refractivity contribution in [2.45, 2.75) is 32.3 Å². The Kier molecular flexibility index (Phi) is 5.30. The first-order valence-corrected chi connectivity index (χ1v) is 9.14. The third-order valence-electron chi connectivity index (χ3n) is 4.02. The molecule has 2 aromatic rings. The molecule has 1 atom stereocenters. The zero-order chi connectivity index (χ0) is 18.0.